The zero-order chi connectivity index (χ0) is 14.0. The highest BCUT2D eigenvalue weighted by atomic mass is 16.5. The van der Waals surface area contributed by atoms with Crippen LogP contribution in [-0.2, 0) is 9.53 Å². The van der Waals surface area contributed by atoms with Crippen LogP contribution < -0.4 is 0 Å². The summed E-state index contributed by atoms with van der Waals surface area (Å²) in [7, 11) is 2.15. The molecule has 0 aromatic rings. The van der Waals surface area contributed by atoms with Crippen molar-refractivity contribution in [1.82, 2.24) is 9.80 Å². The summed E-state index contributed by atoms with van der Waals surface area (Å²) >= 11 is 0. The van der Waals surface area contributed by atoms with Crippen molar-refractivity contribution in [3.05, 3.63) is 11.6 Å². The van der Waals surface area contributed by atoms with Gasteiger partial charge in [-0.25, -0.2) is 4.79 Å². The first-order valence-electron chi connectivity index (χ1n) is 7.18. The molecule has 2 aliphatic heterocycles. The van der Waals surface area contributed by atoms with Crippen LogP contribution in [0.2, 0.25) is 0 Å². The van der Waals surface area contributed by atoms with E-state index in [2.05, 4.69) is 37.6 Å². The highest BCUT2D eigenvalue weighted by Crippen LogP contribution is 2.23. The molecular weight excluding hydrogens is 240 g/mol. The second kappa shape index (κ2) is 5.63. The van der Waals surface area contributed by atoms with Crippen molar-refractivity contribution in [2.45, 2.75) is 45.2 Å². The SMILES string of the molecule is CN(CC1=CC(=O)OC1)C1CCN(C(C)(C)C)CC1. The molecule has 0 saturated carbocycles. The smallest absolute Gasteiger partial charge is 0.331 e. The van der Waals surface area contributed by atoms with Crippen LogP contribution in [-0.4, -0.2) is 60.6 Å². The molecule has 19 heavy (non-hydrogen) atoms. The van der Waals surface area contributed by atoms with Crippen molar-refractivity contribution in [2.75, 3.05) is 33.3 Å². The Morgan fingerprint density at radius 1 is 1.37 bits per heavy atom. The molecule has 0 N–H and O–H groups in total. The summed E-state index contributed by atoms with van der Waals surface area (Å²) in [5.74, 6) is -0.189. The summed E-state index contributed by atoms with van der Waals surface area (Å²) in [6, 6.07) is 0.621. The highest BCUT2D eigenvalue weighted by molar-refractivity contribution is 5.85. The highest BCUT2D eigenvalue weighted by Gasteiger charge is 2.29. The van der Waals surface area contributed by atoms with Gasteiger partial charge in [-0.3, -0.25) is 9.80 Å². The predicted molar refractivity (Wildman–Crippen MR) is 76.0 cm³/mol. The summed E-state index contributed by atoms with van der Waals surface area (Å²) in [6.07, 6.45) is 4.05. The number of likely N-dealkylation sites (tertiary alicyclic amines) is 1. The summed E-state index contributed by atoms with van der Waals surface area (Å²) in [5, 5.41) is 0. The van der Waals surface area contributed by atoms with Crippen molar-refractivity contribution >= 4 is 5.97 Å². The molecule has 0 atom stereocenters. The lowest BCUT2D eigenvalue weighted by Gasteiger charge is -2.43. The number of carbonyl (C=O) groups excluding carboxylic acids is 1. The number of ether oxygens (including phenoxy) is 1. The molecule has 0 amide bonds. The summed E-state index contributed by atoms with van der Waals surface area (Å²) < 4.78 is 4.95. The van der Waals surface area contributed by atoms with Crippen molar-refractivity contribution < 1.29 is 9.53 Å². The maximum absolute atomic E-state index is 11.0. The predicted octanol–water partition coefficient (Wildman–Crippen LogP) is 1.66. The minimum absolute atomic E-state index is 0.189. The Morgan fingerprint density at radius 3 is 2.47 bits per heavy atom. The number of likely N-dealkylation sites (N-methyl/N-ethyl adjacent to an activating group) is 1. The van der Waals surface area contributed by atoms with Gasteiger partial charge in [0.25, 0.3) is 0 Å². The van der Waals surface area contributed by atoms with Crippen LogP contribution >= 0.6 is 0 Å². The van der Waals surface area contributed by atoms with E-state index in [1.165, 1.54) is 12.8 Å². The lowest BCUT2D eigenvalue weighted by Crippen LogP contribution is -2.50. The first kappa shape index (κ1) is 14.5. The van der Waals surface area contributed by atoms with Crippen LogP contribution in [0.15, 0.2) is 11.6 Å². The van der Waals surface area contributed by atoms with Gasteiger partial charge in [-0.2, -0.15) is 0 Å². The van der Waals surface area contributed by atoms with Crippen molar-refractivity contribution in [3.8, 4) is 0 Å². The quantitative estimate of drug-likeness (QED) is 0.727. The van der Waals surface area contributed by atoms with E-state index in [-0.39, 0.29) is 11.5 Å². The van der Waals surface area contributed by atoms with Gasteiger partial charge in [0.05, 0.1) is 0 Å². The number of carbonyl (C=O) groups is 1. The number of cyclic esters (lactones) is 1. The molecule has 0 aliphatic carbocycles. The third-order valence-corrected chi connectivity index (χ3v) is 4.21. The van der Waals surface area contributed by atoms with Crippen LogP contribution in [0.3, 0.4) is 0 Å². The average molecular weight is 266 g/mol. The summed E-state index contributed by atoms with van der Waals surface area (Å²) in [5.41, 5.74) is 1.38. The van der Waals surface area contributed by atoms with E-state index in [9.17, 15) is 4.79 Å². The average Bonchev–Trinajstić information content (AvgIpc) is 2.74. The molecule has 2 heterocycles. The minimum atomic E-state index is -0.189. The number of piperidine rings is 1. The van der Waals surface area contributed by atoms with Gasteiger partial charge >= 0.3 is 5.97 Å². The van der Waals surface area contributed by atoms with Crippen LogP contribution in [0.5, 0.6) is 0 Å². The van der Waals surface area contributed by atoms with E-state index in [0.717, 1.165) is 25.2 Å². The summed E-state index contributed by atoms with van der Waals surface area (Å²) in [6.45, 7) is 10.5. The summed E-state index contributed by atoms with van der Waals surface area (Å²) in [4.78, 5) is 16.0. The molecule has 0 unspecified atom stereocenters. The van der Waals surface area contributed by atoms with Gasteiger partial charge in [0.15, 0.2) is 0 Å². The zero-order valence-corrected chi connectivity index (χ0v) is 12.6. The van der Waals surface area contributed by atoms with E-state index in [0.29, 0.717) is 12.6 Å². The molecule has 2 aliphatic rings. The van der Waals surface area contributed by atoms with Crippen molar-refractivity contribution in [2.24, 2.45) is 0 Å². The van der Waals surface area contributed by atoms with Gasteiger partial charge < -0.3 is 4.74 Å². The Labute approximate surface area is 116 Å². The molecular formula is C15H26N2O2. The number of hydrogen-bond acceptors (Lipinski definition) is 4. The van der Waals surface area contributed by atoms with Gasteiger partial charge in [0.2, 0.25) is 0 Å². The fourth-order valence-electron chi connectivity index (χ4n) is 2.93. The third kappa shape index (κ3) is 3.80. The molecule has 4 heteroatoms. The van der Waals surface area contributed by atoms with E-state index < -0.39 is 0 Å². The number of hydrogen-bond donors (Lipinski definition) is 0. The number of esters is 1. The van der Waals surface area contributed by atoms with Crippen molar-refractivity contribution in [3.63, 3.8) is 0 Å². The topological polar surface area (TPSA) is 32.8 Å². The Morgan fingerprint density at radius 2 is 2.00 bits per heavy atom. The van der Waals surface area contributed by atoms with Gasteiger partial charge in [-0.05, 0) is 46.2 Å². The minimum Gasteiger partial charge on any atom is -0.458 e. The fourth-order valence-corrected chi connectivity index (χ4v) is 2.93. The fraction of sp³-hybridized carbons (Fsp3) is 0.800. The second-order valence-electron chi connectivity index (χ2n) is 6.71. The van der Waals surface area contributed by atoms with Gasteiger partial charge in [0.1, 0.15) is 6.61 Å². The standard InChI is InChI=1S/C15H26N2O2/c1-15(2,3)17-7-5-13(6-8-17)16(4)10-12-9-14(18)19-11-12/h9,13H,5-8,10-11H2,1-4H3. The van der Waals surface area contributed by atoms with Gasteiger partial charge in [-0.15, -0.1) is 0 Å². The molecule has 0 spiro atoms. The molecule has 1 fully saturated rings. The second-order valence-corrected chi connectivity index (χ2v) is 6.71. The van der Waals surface area contributed by atoms with Gasteiger partial charge in [-0.1, -0.05) is 0 Å². The zero-order valence-electron chi connectivity index (χ0n) is 12.6. The Kier molecular flexibility index (Phi) is 4.31. The molecule has 0 radical (unpaired) electrons. The molecule has 4 nitrogen and oxygen atoms in total. The lowest BCUT2D eigenvalue weighted by atomic mass is 9.97. The van der Waals surface area contributed by atoms with E-state index in [1.54, 1.807) is 6.08 Å². The van der Waals surface area contributed by atoms with E-state index in [4.69, 9.17) is 4.74 Å². The normalized spacial score (nSPS) is 22.8. The molecule has 1 saturated heterocycles. The Balaban J connectivity index is 1.81. The third-order valence-electron chi connectivity index (χ3n) is 4.21. The lowest BCUT2D eigenvalue weighted by molar-refractivity contribution is -0.134. The largest absolute Gasteiger partial charge is 0.458 e. The number of nitrogens with zero attached hydrogens (tertiary/aromatic N) is 2. The maximum Gasteiger partial charge on any atom is 0.331 e. The van der Waals surface area contributed by atoms with Crippen LogP contribution in [0.1, 0.15) is 33.6 Å². The van der Waals surface area contributed by atoms with Crippen LogP contribution in [0.25, 0.3) is 0 Å². The molecule has 0 bridgehead atoms. The molecule has 108 valence electrons. The van der Waals surface area contributed by atoms with E-state index in [1.807, 2.05) is 0 Å². The number of rotatable bonds is 3. The molecule has 0 aromatic heterocycles. The first-order chi connectivity index (χ1) is 8.86. The van der Waals surface area contributed by atoms with Crippen molar-refractivity contribution in [1.29, 1.82) is 0 Å². The van der Waals surface area contributed by atoms with Crippen LogP contribution in [0, 0.1) is 0 Å². The molecule has 2 rings (SSSR count). The Bertz CT molecular complexity index is 363. The first-order valence-corrected chi connectivity index (χ1v) is 7.18. The Hall–Kier alpha value is -0.870. The van der Waals surface area contributed by atoms with E-state index >= 15 is 0 Å². The molecule has 0 aromatic carbocycles. The maximum atomic E-state index is 11.0. The van der Waals surface area contributed by atoms with Crippen LogP contribution in [0.4, 0.5) is 0 Å². The monoisotopic (exact) mass is 266 g/mol. The van der Waals surface area contributed by atoms with Gasteiger partial charge in [0, 0.05) is 37.3 Å².